The highest BCUT2D eigenvalue weighted by atomic mass is 32.1. The number of thiazole rings is 1. The third-order valence-corrected chi connectivity index (χ3v) is 5.26. The molecule has 18 heavy (non-hydrogen) atoms. The smallest absolute Gasteiger partial charge is 0.183 e. The molecule has 4 heteroatoms. The Morgan fingerprint density at radius 2 is 2.11 bits per heavy atom. The van der Waals surface area contributed by atoms with Crippen molar-refractivity contribution in [2.45, 2.75) is 57.4 Å². The van der Waals surface area contributed by atoms with Crippen molar-refractivity contribution >= 4 is 16.5 Å². The van der Waals surface area contributed by atoms with Crippen LogP contribution in [0, 0.1) is 0 Å². The Morgan fingerprint density at radius 3 is 2.83 bits per heavy atom. The molecule has 1 fully saturated rings. The van der Waals surface area contributed by atoms with Gasteiger partial charge in [-0.2, -0.15) is 0 Å². The monoisotopic (exact) mass is 265 g/mol. The maximum atomic E-state index is 4.88. The first-order chi connectivity index (χ1) is 8.65. The van der Waals surface area contributed by atoms with E-state index in [4.69, 9.17) is 4.98 Å². The van der Waals surface area contributed by atoms with Crippen molar-refractivity contribution in [3.05, 3.63) is 10.6 Å². The number of rotatable bonds is 2. The van der Waals surface area contributed by atoms with Gasteiger partial charge in [-0.15, -0.1) is 11.3 Å². The largest absolute Gasteiger partial charge is 0.359 e. The molecule has 0 aromatic carbocycles. The lowest BCUT2D eigenvalue weighted by molar-refractivity contribution is 0.424. The Kier molecular flexibility index (Phi) is 3.32. The zero-order valence-electron chi connectivity index (χ0n) is 11.4. The molecule has 1 aliphatic heterocycles. The molecule has 3 nitrogen and oxygen atoms in total. The maximum absolute atomic E-state index is 4.88. The average Bonchev–Trinajstić information content (AvgIpc) is 2.74. The number of fused-ring (bicyclic) bond motifs is 1. The van der Waals surface area contributed by atoms with Crippen molar-refractivity contribution in [3.63, 3.8) is 0 Å². The van der Waals surface area contributed by atoms with Crippen molar-refractivity contribution in [1.82, 2.24) is 10.3 Å². The molecule has 3 rings (SSSR count). The predicted molar refractivity (Wildman–Crippen MR) is 77.6 cm³/mol. The molecule has 2 aliphatic rings. The van der Waals surface area contributed by atoms with Gasteiger partial charge < -0.3 is 10.6 Å². The Balaban J connectivity index is 1.76. The quantitative estimate of drug-likeness (QED) is 0.863. The number of nitrogens with zero attached hydrogens (tertiary/aromatic N) is 1. The minimum absolute atomic E-state index is 0.276. The number of anilines is 1. The molecule has 0 spiro atoms. The summed E-state index contributed by atoms with van der Waals surface area (Å²) in [4.78, 5) is 6.40. The highest BCUT2D eigenvalue weighted by Gasteiger charge is 2.31. The molecule has 1 aromatic heterocycles. The second-order valence-electron chi connectivity index (χ2n) is 6.20. The Morgan fingerprint density at radius 1 is 1.33 bits per heavy atom. The van der Waals surface area contributed by atoms with Crippen LogP contribution >= 0.6 is 11.3 Å². The molecule has 2 heterocycles. The molecule has 0 amide bonds. The van der Waals surface area contributed by atoms with Crippen LogP contribution in [0.2, 0.25) is 0 Å². The molecule has 1 aromatic rings. The third-order valence-electron chi connectivity index (χ3n) is 4.21. The summed E-state index contributed by atoms with van der Waals surface area (Å²) in [5.41, 5.74) is 1.63. The van der Waals surface area contributed by atoms with Gasteiger partial charge in [-0.1, -0.05) is 13.8 Å². The van der Waals surface area contributed by atoms with Crippen LogP contribution in [-0.4, -0.2) is 24.1 Å². The molecular formula is C14H23N3S. The molecule has 1 saturated heterocycles. The van der Waals surface area contributed by atoms with Crippen LogP contribution in [0.1, 0.15) is 50.1 Å². The molecule has 0 unspecified atom stereocenters. The Bertz CT molecular complexity index is 419. The van der Waals surface area contributed by atoms with E-state index in [2.05, 4.69) is 24.5 Å². The third kappa shape index (κ3) is 2.41. The SMILES string of the molecule is CC1(C)CCCc2sc(NC3CCNCC3)nc21. The summed E-state index contributed by atoms with van der Waals surface area (Å²) in [6.07, 6.45) is 6.25. The van der Waals surface area contributed by atoms with E-state index < -0.39 is 0 Å². The minimum Gasteiger partial charge on any atom is -0.359 e. The van der Waals surface area contributed by atoms with Crippen LogP contribution in [0.3, 0.4) is 0 Å². The van der Waals surface area contributed by atoms with Crippen LogP contribution in [0.4, 0.5) is 5.13 Å². The number of piperidine rings is 1. The summed E-state index contributed by atoms with van der Waals surface area (Å²) in [5.74, 6) is 0. The highest BCUT2D eigenvalue weighted by molar-refractivity contribution is 7.15. The van der Waals surface area contributed by atoms with E-state index in [1.807, 2.05) is 11.3 Å². The Labute approximate surface area is 113 Å². The summed E-state index contributed by atoms with van der Waals surface area (Å²) in [5, 5.41) is 8.20. The summed E-state index contributed by atoms with van der Waals surface area (Å²) >= 11 is 1.89. The van der Waals surface area contributed by atoms with Crippen molar-refractivity contribution in [2.24, 2.45) is 0 Å². The molecule has 0 atom stereocenters. The summed E-state index contributed by atoms with van der Waals surface area (Å²) < 4.78 is 0. The van der Waals surface area contributed by atoms with E-state index >= 15 is 0 Å². The van der Waals surface area contributed by atoms with Gasteiger partial charge in [0.1, 0.15) is 0 Å². The molecular weight excluding hydrogens is 242 g/mol. The maximum Gasteiger partial charge on any atom is 0.183 e. The lowest BCUT2D eigenvalue weighted by Crippen LogP contribution is -2.35. The second kappa shape index (κ2) is 4.82. The van der Waals surface area contributed by atoms with Gasteiger partial charge in [0.15, 0.2) is 5.13 Å². The normalized spacial score (nSPS) is 23.7. The van der Waals surface area contributed by atoms with Crippen LogP contribution in [0.25, 0.3) is 0 Å². The van der Waals surface area contributed by atoms with Crippen molar-refractivity contribution in [1.29, 1.82) is 0 Å². The molecule has 0 saturated carbocycles. The average molecular weight is 265 g/mol. The fourth-order valence-electron chi connectivity index (χ4n) is 3.06. The van der Waals surface area contributed by atoms with E-state index in [-0.39, 0.29) is 5.41 Å². The van der Waals surface area contributed by atoms with Crippen LogP contribution in [0.5, 0.6) is 0 Å². The fourth-order valence-corrected chi connectivity index (χ4v) is 4.32. The number of hydrogen-bond donors (Lipinski definition) is 2. The highest BCUT2D eigenvalue weighted by Crippen LogP contribution is 2.40. The van der Waals surface area contributed by atoms with Gasteiger partial charge in [-0.05, 0) is 45.2 Å². The first-order valence-corrected chi connectivity index (χ1v) is 7.94. The van der Waals surface area contributed by atoms with Crippen molar-refractivity contribution in [2.75, 3.05) is 18.4 Å². The van der Waals surface area contributed by atoms with Crippen LogP contribution < -0.4 is 10.6 Å². The lowest BCUT2D eigenvalue weighted by atomic mass is 9.79. The van der Waals surface area contributed by atoms with Crippen LogP contribution in [-0.2, 0) is 11.8 Å². The van der Waals surface area contributed by atoms with E-state index in [0.29, 0.717) is 6.04 Å². The predicted octanol–water partition coefficient (Wildman–Crippen LogP) is 2.92. The zero-order chi connectivity index (χ0) is 12.6. The van der Waals surface area contributed by atoms with Gasteiger partial charge in [0, 0.05) is 16.3 Å². The van der Waals surface area contributed by atoms with Crippen molar-refractivity contribution in [3.8, 4) is 0 Å². The van der Waals surface area contributed by atoms with Gasteiger partial charge in [-0.25, -0.2) is 4.98 Å². The molecule has 2 N–H and O–H groups in total. The van der Waals surface area contributed by atoms with Crippen molar-refractivity contribution < 1.29 is 0 Å². The summed E-state index contributed by atoms with van der Waals surface area (Å²) in [7, 11) is 0. The number of hydrogen-bond acceptors (Lipinski definition) is 4. The van der Waals surface area contributed by atoms with E-state index in [9.17, 15) is 0 Å². The topological polar surface area (TPSA) is 37.0 Å². The van der Waals surface area contributed by atoms with Gasteiger partial charge in [-0.3, -0.25) is 0 Å². The Hall–Kier alpha value is -0.610. The number of aryl methyl sites for hydroxylation is 1. The van der Waals surface area contributed by atoms with Gasteiger partial charge in [0.2, 0.25) is 0 Å². The minimum atomic E-state index is 0.276. The van der Waals surface area contributed by atoms with Gasteiger partial charge in [0.05, 0.1) is 5.69 Å². The summed E-state index contributed by atoms with van der Waals surface area (Å²) in [6.45, 7) is 6.93. The molecule has 0 bridgehead atoms. The van der Waals surface area contributed by atoms with E-state index in [0.717, 1.165) is 18.2 Å². The van der Waals surface area contributed by atoms with E-state index in [1.165, 1.54) is 42.7 Å². The number of nitrogens with one attached hydrogen (secondary N) is 2. The van der Waals surface area contributed by atoms with E-state index in [1.54, 1.807) is 0 Å². The first-order valence-electron chi connectivity index (χ1n) is 7.12. The molecule has 100 valence electrons. The second-order valence-corrected chi connectivity index (χ2v) is 7.28. The molecule has 0 radical (unpaired) electrons. The number of aromatic nitrogens is 1. The van der Waals surface area contributed by atoms with Gasteiger partial charge >= 0.3 is 0 Å². The summed E-state index contributed by atoms with van der Waals surface area (Å²) in [6, 6.07) is 0.613. The standard InChI is InChI=1S/C14H23N3S/c1-14(2)7-3-4-11-12(14)17-13(18-11)16-10-5-8-15-9-6-10/h10,15H,3-9H2,1-2H3,(H,16,17). The zero-order valence-corrected chi connectivity index (χ0v) is 12.2. The van der Waals surface area contributed by atoms with Crippen LogP contribution in [0.15, 0.2) is 0 Å². The van der Waals surface area contributed by atoms with Gasteiger partial charge in [0.25, 0.3) is 0 Å². The lowest BCUT2D eigenvalue weighted by Gasteiger charge is -2.28. The molecule has 1 aliphatic carbocycles. The first kappa shape index (κ1) is 12.4. The fraction of sp³-hybridized carbons (Fsp3) is 0.786.